The lowest BCUT2D eigenvalue weighted by Crippen LogP contribution is -2.37. The predicted molar refractivity (Wildman–Crippen MR) is 93.0 cm³/mol. The normalized spacial score (nSPS) is 11.6. The van der Waals surface area contributed by atoms with Gasteiger partial charge in [0.15, 0.2) is 6.10 Å². The maximum absolute atomic E-state index is 12.4. The zero-order chi connectivity index (χ0) is 16.8. The highest BCUT2D eigenvalue weighted by atomic mass is 32.2. The fourth-order valence-corrected chi connectivity index (χ4v) is 2.73. The number of amides is 1. The van der Waals surface area contributed by atoms with E-state index in [1.807, 2.05) is 48.7 Å². The van der Waals surface area contributed by atoms with E-state index in [0.29, 0.717) is 5.56 Å². The molecule has 1 atom stereocenters. The molecule has 0 fully saturated rings. The monoisotopic (exact) mass is 329 g/mol. The highest BCUT2D eigenvalue weighted by Crippen LogP contribution is 2.21. The molecule has 0 aliphatic carbocycles. The van der Waals surface area contributed by atoms with Crippen molar-refractivity contribution >= 4 is 29.3 Å². The molecule has 5 heteroatoms. The van der Waals surface area contributed by atoms with Crippen molar-refractivity contribution in [1.82, 2.24) is 0 Å². The number of rotatable bonds is 5. The van der Waals surface area contributed by atoms with Crippen molar-refractivity contribution in [2.45, 2.75) is 17.9 Å². The average Bonchev–Trinajstić information content (AvgIpc) is 2.60. The number of anilines is 1. The number of para-hydroxylation sites is 1. The van der Waals surface area contributed by atoms with Crippen molar-refractivity contribution in [2.75, 3.05) is 18.2 Å². The fraction of sp³-hybridized carbons (Fsp3) is 0.222. The lowest BCUT2D eigenvalue weighted by atomic mass is 10.2. The summed E-state index contributed by atoms with van der Waals surface area (Å²) in [5.41, 5.74) is 1.23. The third-order valence-electron chi connectivity index (χ3n) is 3.43. The van der Waals surface area contributed by atoms with Crippen LogP contribution in [-0.2, 0) is 9.53 Å². The largest absolute Gasteiger partial charge is 0.449 e. The van der Waals surface area contributed by atoms with Crippen LogP contribution in [0.5, 0.6) is 0 Å². The Hall–Kier alpha value is -2.27. The van der Waals surface area contributed by atoms with Crippen LogP contribution < -0.4 is 4.90 Å². The Kier molecular flexibility index (Phi) is 5.82. The minimum absolute atomic E-state index is 0.272. The standard InChI is InChI=1S/C18H19NO3S/c1-13(17(20)19(2)14-9-5-4-6-10-14)22-18(21)15-11-7-8-12-16(15)23-3/h4-13H,1-3H3/t13-/m1/s1. The number of esters is 1. The van der Waals surface area contributed by atoms with E-state index in [4.69, 9.17) is 4.74 Å². The number of hydrogen-bond donors (Lipinski definition) is 0. The van der Waals surface area contributed by atoms with Gasteiger partial charge in [-0.1, -0.05) is 30.3 Å². The van der Waals surface area contributed by atoms with Crippen LogP contribution in [0.25, 0.3) is 0 Å². The highest BCUT2D eigenvalue weighted by molar-refractivity contribution is 7.98. The first kappa shape index (κ1) is 17.1. The minimum Gasteiger partial charge on any atom is -0.449 e. The number of thioether (sulfide) groups is 1. The molecule has 0 N–H and O–H groups in total. The molecule has 2 aromatic rings. The van der Waals surface area contributed by atoms with E-state index in [1.165, 1.54) is 16.7 Å². The Morgan fingerprint density at radius 1 is 1.04 bits per heavy atom. The number of carbonyl (C=O) groups excluding carboxylic acids is 2. The lowest BCUT2D eigenvalue weighted by molar-refractivity contribution is -0.126. The van der Waals surface area contributed by atoms with E-state index in [-0.39, 0.29) is 5.91 Å². The maximum Gasteiger partial charge on any atom is 0.340 e. The van der Waals surface area contributed by atoms with Crippen molar-refractivity contribution in [3.05, 3.63) is 60.2 Å². The molecule has 120 valence electrons. The number of hydrogen-bond acceptors (Lipinski definition) is 4. The Morgan fingerprint density at radius 2 is 1.65 bits per heavy atom. The van der Waals surface area contributed by atoms with Crippen molar-refractivity contribution in [3.8, 4) is 0 Å². The summed E-state index contributed by atoms with van der Waals surface area (Å²) >= 11 is 1.47. The Balaban J connectivity index is 2.07. The van der Waals surface area contributed by atoms with Crippen LogP contribution in [0.2, 0.25) is 0 Å². The highest BCUT2D eigenvalue weighted by Gasteiger charge is 2.24. The molecule has 1 amide bonds. The van der Waals surface area contributed by atoms with Gasteiger partial charge in [0.05, 0.1) is 5.56 Å². The summed E-state index contributed by atoms with van der Waals surface area (Å²) in [6.45, 7) is 1.58. The van der Waals surface area contributed by atoms with E-state index < -0.39 is 12.1 Å². The van der Waals surface area contributed by atoms with E-state index in [1.54, 1.807) is 26.1 Å². The molecule has 0 aliphatic heterocycles. The second-order valence-corrected chi connectivity index (χ2v) is 5.83. The smallest absolute Gasteiger partial charge is 0.340 e. The molecule has 0 bridgehead atoms. The van der Waals surface area contributed by atoms with Gasteiger partial charge in [-0.3, -0.25) is 4.79 Å². The second-order valence-electron chi connectivity index (χ2n) is 4.98. The number of benzene rings is 2. The van der Waals surface area contributed by atoms with E-state index in [0.717, 1.165) is 10.6 Å². The van der Waals surface area contributed by atoms with Crippen molar-refractivity contribution in [3.63, 3.8) is 0 Å². The van der Waals surface area contributed by atoms with Gasteiger partial charge in [0, 0.05) is 17.6 Å². The first-order valence-corrected chi connectivity index (χ1v) is 8.43. The molecule has 0 radical (unpaired) electrons. The third kappa shape index (κ3) is 4.13. The van der Waals surface area contributed by atoms with Gasteiger partial charge in [0.1, 0.15) is 0 Å². The molecule has 0 saturated carbocycles. The van der Waals surface area contributed by atoms with Gasteiger partial charge in [-0.05, 0) is 37.4 Å². The Morgan fingerprint density at radius 3 is 2.30 bits per heavy atom. The van der Waals surface area contributed by atoms with Crippen molar-refractivity contribution in [2.24, 2.45) is 0 Å². The van der Waals surface area contributed by atoms with Gasteiger partial charge in [0.2, 0.25) is 0 Å². The van der Waals surface area contributed by atoms with Gasteiger partial charge in [-0.15, -0.1) is 11.8 Å². The summed E-state index contributed by atoms with van der Waals surface area (Å²) in [5.74, 6) is -0.761. The molecule has 0 saturated heterocycles. The minimum atomic E-state index is -0.859. The quantitative estimate of drug-likeness (QED) is 0.621. The van der Waals surface area contributed by atoms with Crippen LogP contribution in [0.3, 0.4) is 0 Å². The van der Waals surface area contributed by atoms with Gasteiger partial charge in [0.25, 0.3) is 5.91 Å². The van der Waals surface area contributed by atoms with Crippen LogP contribution >= 0.6 is 11.8 Å². The van der Waals surface area contributed by atoms with Gasteiger partial charge >= 0.3 is 5.97 Å². The van der Waals surface area contributed by atoms with E-state index in [2.05, 4.69) is 0 Å². The predicted octanol–water partition coefficient (Wildman–Crippen LogP) is 3.62. The van der Waals surface area contributed by atoms with Gasteiger partial charge in [-0.25, -0.2) is 4.79 Å². The van der Waals surface area contributed by atoms with Crippen molar-refractivity contribution in [1.29, 1.82) is 0 Å². The molecular weight excluding hydrogens is 310 g/mol. The lowest BCUT2D eigenvalue weighted by Gasteiger charge is -2.21. The van der Waals surface area contributed by atoms with E-state index in [9.17, 15) is 9.59 Å². The van der Waals surface area contributed by atoms with Crippen molar-refractivity contribution < 1.29 is 14.3 Å². The molecule has 0 heterocycles. The zero-order valence-electron chi connectivity index (χ0n) is 13.4. The topological polar surface area (TPSA) is 46.6 Å². The molecule has 2 aromatic carbocycles. The van der Waals surface area contributed by atoms with Crippen LogP contribution in [0.1, 0.15) is 17.3 Å². The Labute approximate surface area is 140 Å². The molecule has 0 aromatic heterocycles. The van der Waals surface area contributed by atoms with Crippen LogP contribution in [0.15, 0.2) is 59.5 Å². The average molecular weight is 329 g/mol. The Bertz CT molecular complexity index is 688. The molecule has 4 nitrogen and oxygen atoms in total. The molecular formula is C18H19NO3S. The molecule has 0 unspecified atom stereocenters. The summed E-state index contributed by atoms with van der Waals surface area (Å²) in [5, 5.41) is 0. The summed E-state index contributed by atoms with van der Waals surface area (Å²) in [6.07, 6.45) is 1.03. The summed E-state index contributed by atoms with van der Waals surface area (Å²) in [6, 6.07) is 16.4. The fourth-order valence-electron chi connectivity index (χ4n) is 2.14. The molecule has 0 spiro atoms. The SMILES string of the molecule is CSc1ccccc1C(=O)O[C@H](C)C(=O)N(C)c1ccccc1. The first-order chi connectivity index (χ1) is 11.0. The van der Waals surface area contributed by atoms with Crippen LogP contribution in [-0.4, -0.2) is 31.3 Å². The number of nitrogens with zero attached hydrogens (tertiary/aromatic N) is 1. The number of likely N-dealkylation sites (N-methyl/N-ethyl adjacent to an activating group) is 1. The maximum atomic E-state index is 12.4. The molecule has 0 aliphatic rings. The molecule has 2 rings (SSSR count). The first-order valence-electron chi connectivity index (χ1n) is 7.21. The summed E-state index contributed by atoms with van der Waals surface area (Å²) < 4.78 is 5.34. The van der Waals surface area contributed by atoms with Crippen LogP contribution in [0, 0.1) is 0 Å². The zero-order valence-corrected chi connectivity index (χ0v) is 14.2. The van der Waals surface area contributed by atoms with Gasteiger partial charge < -0.3 is 9.64 Å². The van der Waals surface area contributed by atoms with Gasteiger partial charge in [-0.2, -0.15) is 0 Å². The van der Waals surface area contributed by atoms with Crippen LogP contribution in [0.4, 0.5) is 5.69 Å². The summed E-state index contributed by atoms with van der Waals surface area (Å²) in [4.78, 5) is 27.0. The number of ether oxygens (including phenoxy) is 1. The number of carbonyl (C=O) groups is 2. The summed E-state index contributed by atoms with van der Waals surface area (Å²) in [7, 11) is 1.66. The third-order valence-corrected chi connectivity index (χ3v) is 4.23. The second kappa shape index (κ2) is 7.83. The molecule has 23 heavy (non-hydrogen) atoms. The van der Waals surface area contributed by atoms with E-state index >= 15 is 0 Å².